The van der Waals surface area contributed by atoms with Gasteiger partial charge in [-0.2, -0.15) is 0 Å². The fourth-order valence-corrected chi connectivity index (χ4v) is 3.82. The van der Waals surface area contributed by atoms with Gasteiger partial charge in [-0.15, -0.1) is 0 Å². The molecular weight excluding hydrogens is 450 g/mol. The molecule has 9 heteroatoms. The van der Waals surface area contributed by atoms with Crippen LogP contribution in [-0.2, 0) is 14.3 Å². The minimum absolute atomic E-state index is 0.0463. The van der Waals surface area contributed by atoms with Crippen molar-refractivity contribution >= 4 is 50.7 Å². The van der Waals surface area contributed by atoms with Crippen LogP contribution in [0, 0.1) is 0 Å². The molecule has 7 nitrogen and oxygen atoms in total. The van der Waals surface area contributed by atoms with Gasteiger partial charge in [0.1, 0.15) is 16.4 Å². The first-order valence-electron chi connectivity index (χ1n) is 8.50. The van der Waals surface area contributed by atoms with Crippen LogP contribution in [0.5, 0.6) is 11.5 Å². The molecule has 0 atom stereocenters. The zero-order valence-corrected chi connectivity index (χ0v) is 18.0. The lowest BCUT2D eigenvalue weighted by molar-refractivity contribution is -0.138. The largest absolute Gasteiger partial charge is 0.506 e. The number of aliphatic imine (C=N–C) groups is 1. The molecule has 1 aromatic carbocycles. The van der Waals surface area contributed by atoms with Crippen molar-refractivity contribution in [1.29, 1.82) is 0 Å². The first-order valence-corrected chi connectivity index (χ1v) is 10.1. The van der Waals surface area contributed by atoms with Crippen LogP contribution < -0.4 is 4.74 Å². The molecule has 0 aromatic heterocycles. The van der Waals surface area contributed by atoms with Gasteiger partial charge < -0.3 is 19.7 Å². The first kappa shape index (κ1) is 22.0. The summed E-state index contributed by atoms with van der Waals surface area (Å²) in [4.78, 5) is 28.5. The standard InChI is InChI=1S/C19H20BrNO6S/c1-4-6-15(23)21-18-16(19(25)27-5-2)17(24)14(28-18)8-10-7-13(26-3)12(22)9-11(10)20/h7-9,22,24H,4-6H2,1-3H3/b14-8-,21-18?. The van der Waals surface area contributed by atoms with Crippen LogP contribution in [0.1, 0.15) is 32.3 Å². The zero-order chi connectivity index (χ0) is 20.8. The summed E-state index contributed by atoms with van der Waals surface area (Å²) in [5.41, 5.74) is 0.456. The number of aliphatic hydroxyl groups excluding tert-OH is 1. The van der Waals surface area contributed by atoms with Crippen molar-refractivity contribution in [3.63, 3.8) is 0 Å². The second-order valence-electron chi connectivity index (χ2n) is 5.66. The second-order valence-corrected chi connectivity index (χ2v) is 7.55. The number of hydrogen-bond donors (Lipinski definition) is 2. The molecule has 0 radical (unpaired) electrons. The topological polar surface area (TPSA) is 105 Å². The van der Waals surface area contributed by atoms with E-state index >= 15 is 0 Å². The van der Waals surface area contributed by atoms with Crippen LogP contribution in [0.3, 0.4) is 0 Å². The van der Waals surface area contributed by atoms with Gasteiger partial charge in [-0.25, -0.2) is 9.79 Å². The van der Waals surface area contributed by atoms with Crippen LogP contribution in [0.25, 0.3) is 6.08 Å². The number of carbonyl (C=O) groups excluding carboxylic acids is 2. The summed E-state index contributed by atoms with van der Waals surface area (Å²) >= 11 is 4.34. The van der Waals surface area contributed by atoms with Crippen molar-refractivity contribution in [2.75, 3.05) is 13.7 Å². The van der Waals surface area contributed by atoms with E-state index in [-0.39, 0.29) is 46.8 Å². The Hall–Kier alpha value is -2.26. The molecule has 0 fully saturated rings. The van der Waals surface area contributed by atoms with Gasteiger partial charge in [0.05, 0.1) is 18.6 Å². The summed E-state index contributed by atoms with van der Waals surface area (Å²) in [6.07, 6.45) is 2.45. The second kappa shape index (κ2) is 9.79. The molecule has 1 heterocycles. The molecule has 1 amide bonds. The smallest absolute Gasteiger partial charge is 0.344 e. The van der Waals surface area contributed by atoms with Crippen molar-refractivity contribution in [1.82, 2.24) is 0 Å². The molecular formula is C19H20BrNO6S. The highest BCUT2D eigenvalue weighted by Gasteiger charge is 2.33. The lowest BCUT2D eigenvalue weighted by atomic mass is 10.1. The Morgan fingerprint density at radius 2 is 2.00 bits per heavy atom. The van der Waals surface area contributed by atoms with Gasteiger partial charge >= 0.3 is 5.97 Å². The average Bonchev–Trinajstić information content (AvgIpc) is 2.92. The number of aliphatic hydroxyl groups is 1. The van der Waals surface area contributed by atoms with Gasteiger partial charge in [-0.3, -0.25) is 4.79 Å². The van der Waals surface area contributed by atoms with E-state index in [1.165, 1.54) is 13.2 Å². The van der Waals surface area contributed by atoms with E-state index in [4.69, 9.17) is 9.47 Å². The molecule has 1 aromatic rings. The summed E-state index contributed by atoms with van der Waals surface area (Å²) in [6, 6.07) is 3.03. The maximum Gasteiger partial charge on any atom is 0.344 e. The number of amides is 1. The average molecular weight is 470 g/mol. The number of halogens is 1. The highest BCUT2D eigenvalue weighted by atomic mass is 79.9. The molecule has 0 saturated carbocycles. The fourth-order valence-electron chi connectivity index (χ4n) is 2.35. The summed E-state index contributed by atoms with van der Waals surface area (Å²) in [5, 5.41) is 20.5. The Bertz CT molecular complexity index is 891. The molecule has 28 heavy (non-hydrogen) atoms. The van der Waals surface area contributed by atoms with Gasteiger partial charge in [0.25, 0.3) is 0 Å². The maximum absolute atomic E-state index is 12.3. The van der Waals surface area contributed by atoms with Gasteiger partial charge in [-0.05, 0) is 37.1 Å². The van der Waals surface area contributed by atoms with Crippen molar-refractivity contribution < 1.29 is 29.3 Å². The van der Waals surface area contributed by atoms with Crippen molar-refractivity contribution in [3.05, 3.63) is 38.4 Å². The van der Waals surface area contributed by atoms with E-state index in [0.29, 0.717) is 21.4 Å². The minimum atomic E-state index is -0.749. The Morgan fingerprint density at radius 1 is 1.29 bits per heavy atom. The molecule has 0 aliphatic carbocycles. The monoisotopic (exact) mass is 469 g/mol. The van der Waals surface area contributed by atoms with Crippen LogP contribution in [0.2, 0.25) is 0 Å². The number of rotatable bonds is 6. The summed E-state index contributed by atoms with van der Waals surface area (Å²) in [5.74, 6) is -1.24. The number of thioether (sulfide) groups is 1. The third kappa shape index (κ3) is 4.96. The lowest BCUT2D eigenvalue weighted by Crippen LogP contribution is -2.14. The van der Waals surface area contributed by atoms with E-state index in [9.17, 15) is 19.8 Å². The molecule has 1 aliphatic rings. The third-order valence-electron chi connectivity index (χ3n) is 3.65. The zero-order valence-electron chi connectivity index (χ0n) is 15.6. The quantitative estimate of drug-likeness (QED) is 0.596. The summed E-state index contributed by atoms with van der Waals surface area (Å²) in [7, 11) is 1.42. The van der Waals surface area contributed by atoms with Gasteiger partial charge in [0, 0.05) is 10.9 Å². The molecule has 150 valence electrons. The van der Waals surface area contributed by atoms with E-state index in [1.54, 1.807) is 19.1 Å². The highest BCUT2D eigenvalue weighted by molar-refractivity contribution is 9.10. The Kier molecular flexibility index (Phi) is 7.70. The normalized spacial score (nSPS) is 16.7. The number of ether oxygens (including phenoxy) is 2. The van der Waals surface area contributed by atoms with Crippen LogP contribution in [-0.4, -0.2) is 40.8 Å². The number of carbonyl (C=O) groups is 2. The summed E-state index contributed by atoms with van der Waals surface area (Å²) in [6.45, 7) is 3.62. The predicted molar refractivity (Wildman–Crippen MR) is 112 cm³/mol. The summed E-state index contributed by atoms with van der Waals surface area (Å²) < 4.78 is 10.6. The number of benzene rings is 1. The maximum atomic E-state index is 12.3. The molecule has 0 saturated heterocycles. The number of aromatic hydroxyl groups is 1. The predicted octanol–water partition coefficient (Wildman–Crippen LogP) is 4.35. The molecule has 0 unspecified atom stereocenters. The molecule has 0 spiro atoms. The Balaban J connectivity index is 2.53. The van der Waals surface area contributed by atoms with Crippen LogP contribution in [0.4, 0.5) is 0 Å². The fraction of sp³-hybridized carbons (Fsp3) is 0.316. The number of hydrogen-bond acceptors (Lipinski definition) is 7. The van der Waals surface area contributed by atoms with Crippen molar-refractivity contribution in [2.45, 2.75) is 26.7 Å². The Labute approximate surface area is 175 Å². The van der Waals surface area contributed by atoms with Crippen LogP contribution >= 0.6 is 27.7 Å². The first-order chi connectivity index (χ1) is 13.3. The highest BCUT2D eigenvalue weighted by Crippen LogP contribution is 2.41. The number of nitrogens with zero attached hydrogens (tertiary/aromatic N) is 1. The molecule has 2 rings (SSSR count). The SMILES string of the molecule is CCCC(=O)N=C1S/C(=C\c2cc(OC)c(O)cc2Br)C(O)=C1C(=O)OCC. The van der Waals surface area contributed by atoms with Gasteiger partial charge in [0.2, 0.25) is 5.91 Å². The van der Waals surface area contributed by atoms with Crippen LogP contribution in [0.15, 0.2) is 37.8 Å². The number of phenols is 1. The van der Waals surface area contributed by atoms with E-state index < -0.39 is 5.97 Å². The van der Waals surface area contributed by atoms with Crippen molar-refractivity contribution in [3.8, 4) is 11.5 Å². The third-order valence-corrected chi connectivity index (χ3v) is 5.35. The lowest BCUT2D eigenvalue weighted by Gasteiger charge is -2.07. The van der Waals surface area contributed by atoms with E-state index in [1.807, 2.05) is 6.92 Å². The number of esters is 1. The van der Waals surface area contributed by atoms with E-state index in [0.717, 1.165) is 11.8 Å². The van der Waals surface area contributed by atoms with Gasteiger partial charge in [-0.1, -0.05) is 34.6 Å². The van der Waals surface area contributed by atoms with Crippen molar-refractivity contribution in [2.24, 2.45) is 4.99 Å². The molecule has 1 aliphatic heterocycles. The molecule has 2 N–H and O–H groups in total. The Morgan fingerprint density at radius 3 is 2.61 bits per heavy atom. The minimum Gasteiger partial charge on any atom is -0.506 e. The van der Waals surface area contributed by atoms with Gasteiger partial charge in [0.15, 0.2) is 11.5 Å². The number of methoxy groups -OCH3 is 1. The van der Waals surface area contributed by atoms with E-state index in [2.05, 4.69) is 20.9 Å². The molecule has 0 bridgehead atoms. The number of phenolic OH excluding ortho intramolecular Hbond substituents is 1.